The van der Waals surface area contributed by atoms with Gasteiger partial charge in [-0.1, -0.05) is 12.1 Å². The van der Waals surface area contributed by atoms with E-state index in [0.717, 1.165) is 0 Å². The molecule has 0 heterocycles. The number of hydrogen-bond donors (Lipinski definition) is 0. The van der Waals surface area contributed by atoms with Crippen LogP contribution < -0.4 is 10.6 Å². The third-order valence-corrected chi connectivity index (χ3v) is 6.82. The summed E-state index contributed by atoms with van der Waals surface area (Å²) in [4.78, 5) is 0. The monoisotopic (exact) mass is 478 g/mol. The molecule has 0 N–H and O–H groups in total. The van der Waals surface area contributed by atoms with Crippen LogP contribution in [-0.4, -0.2) is 26.7 Å². The maximum absolute atomic E-state index is 9.80. The SMILES string of the molecule is CP(C)c1cc2ccccc2[cH-]1.CP(C)c1cc2ccccc2[cH-]1.[F][Zr+2][F]. The fraction of sp³-hybridized carbons (Fsp3) is 0.182. The summed E-state index contributed by atoms with van der Waals surface area (Å²) in [5, 5.41) is 8.53. The Morgan fingerprint density at radius 1 is 0.667 bits per heavy atom. The third-order valence-electron chi connectivity index (χ3n) is 4.24. The van der Waals surface area contributed by atoms with Crippen LogP contribution in [0.15, 0.2) is 72.8 Å². The maximum atomic E-state index is 9.80. The van der Waals surface area contributed by atoms with Crippen molar-refractivity contribution in [2.24, 2.45) is 0 Å². The van der Waals surface area contributed by atoms with Gasteiger partial charge < -0.3 is 0 Å². The minimum atomic E-state index is -2.77. The average molecular weight is 480 g/mol. The zero-order valence-electron chi connectivity index (χ0n) is 16.1. The van der Waals surface area contributed by atoms with Gasteiger partial charge in [-0.3, -0.25) is 0 Å². The Morgan fingerprint density at radius 2 is 1.00 bits per heavy atom. The predicted octanol–water partition coefficient (Wildman–Crippen LogP) is 6.69. The van der Waals surface area contributed by atoms with Gasteiger partial charge in [0.1, 0.15) is 0 Å². The van der Waals surface area contributed by atoms with E-state index in [2.05, 4.69) is 99.5 Å². The fourth-order valence-corrected chi connectivity index (χ4v) is 4.37. The van der Waals surface area contributed by atoms with Crippen molar-refractivity contribution in [1.82, 2.24) is 0 Å². The summed E-state index contributed by atoms with van der Waals surface area (Å²) >= 11 is -2.77. The first-order chi connectivity index (χ1) is 13.0. The van der Waals surface area contributed by atoms with Crippen LogP contribution in [0.3, 0.4) is 0 Å². The predicted molar refractivity (Wildman–Crippen MR) is 118 cm³/mol. The molecular weight excluding hydrogens is 455 g/mol. The van der Waals surface area contributed by atoms with Crippen molar-refractivity contribution in [2.75, 3.05) is 26.7 Å². The molecule has 0 bridgehead atoms. The first-order valence-corrected chi connectivity index (χ1v) is 14.9. The Hall–Kier alpha value is -0.737. The van der Waals surface area contributed by atoms with Crippen LogP contribution >= 0.6 is 15.8 Å². The van der Waals surface area contributed by atoms with E-state index in [0.29, 0.717) is 0 Å². The van der Waals surface area contributed by atoms with Gasteiger partial charge in [-0.15, -0.1) is 96.5 Å². The van der Waals surface area contributed by atoms with Crippen LogP contribution in [0.1, 0.15) is 0 Å². The summed E-state index contributed by atoms with van der Waals surface area (Å²) in [6, 6.07) is 26.3. The summed E-state index contributed by atoms with van der Waals surface area (Å²) in [6.07, 6.45) is 0. The van der Waals surface area contributed by atoms with Crippen LogP contribution in [0.2, 0.25) is 0 Å². The number of rotatable bonds is 2. The van der Waals surface area contributed by atoms with Gasteiger partial charge >= 0.3 is 29.7 Å². The van der Waals surface area contributed by atoms with Gasteiger partial charge in [-0.05, 0) is 26.7 Å². The Kier molecular flexibility index (Phi) is 9.45. The van der Waals surface area contributed by atoms with Crippen LogP contribution in [0, 0.1) is 0 Å². The number of fused-ring (bicyclic) bond motifs is 2. The summed E-state index contributed by atoms with van der Waals surface area (Å²) < 4.78 is 19.6. The van der Waals surface area contributed by atoms with Crippen LogP contribution in [0.4, 0.5) is 5.25 Å². The van der Waals surface area contributed by atoms with Crippen molar-refractivity contribution in [2.45, 2.75) is 0 Å². The molecule has 0 nitrogen and oxygen atoms in total. The molecule has 0 aromatic heterocycles. The number of benzene rings is 2. The molecule has 5 heteroatoms. The second kappa shape index (κ2) is 11.3. The minimum absolute atomic E-state index is 0.0576. The van der Waals surface area contributed by atoms with Gasteiger partial charge in [0.05, 0.1) is 0 Å². The van der Waals surface area contributed by atoms with Gasteiger partial charge in [0, 0.05) is 0 Å². The van der Waals surface area contributed by atoms with Crippen molar-refractivity contribution in [3.63, 3.8) is 0 Å². The molecule has 0 saturated carbocycles. The normalized spacial score (nSPS) is 10.4. The molecule has 4 aromatic carbocycles. The summed E-state index contributed by atoms with van der Waals surface area (Å²) in [5.41, 5.74) is 0. The van der Waals surface area contributed by atoms with Crippen molar-refractivity contribution >= 4 is 48.0 Å². The van der Waals surface area contributed by atoms with Crippen LogP contribution in [0.25, 0.3) is 21.5 Å². The Labute approximate surface area is 176 Å². The molecule has 140 valence electrons. The quantitative estimate of drug-likeness (QED) is 0.222. The van der Waals surface area contributed by atoms with Crippen LogP contribution in [-0.2, 0) is 24.5 Å². The third kappa shape index (κ3) is 6.67. The molecular formula is C22H24F2P2Zr. The Balaban J connectivity index is 0.000000170. The first-order valence-electron chi connectivity index (χ1n) is 8.58. The number of hydrogen-bond acceptors (Lipinski definition) is 0. The second-order valence-corrected chi connectivity index (χ2v) is 11.5. The summed E-state index contributed by atoms with van der Waals surface area (Å²) in [5.74, 6) is 0. The number of halogens is 2. The van der Waals surface area contributed by atoms with Crippen molar-refractivity contribution in [3.05, 3.63) is 72.8 Å². The molecule has 0 atom stereocenters. The molecule has 0 unspecified atom stereocenters. The zero-order valence-corrected chi connectivity index (χ0v) is 20.3. The molecule has 27 heavy (non-hydrogen) atoms. The molecule has 0 aliphatic carbocycles. The molecule has 0 radical (unpaired) electrons. The van der Waals surface area contributed by atoms with E-state index in [4.69, 9.17) is 0 Å². The Bertz CT molecular complexity index is 813. The second-order valence-electron chi connectivity index (χ2n) is 6.55. The van der Waals surface area contributed by atoms with Gasteiger partial charge in [0.25, 0.3) is 0 Å². The van der Waals surface area contributed by atoms with Crippen molar-refractivity contribution < 1.29 is 29.7 Å². The molecule has 0 aliphatic rings. The zero-order chi connectivity index (χ0) is 19.8. The average Bonchev–Trinajstić information content (AvgIpc) is 3.27. The van der Waals surface area contributed by atoms with E-state index in [1.165, 1.54) is 32.2 Å². The molecule has 0 amide bonds. The van der Waals surface area contributed by atoms with Crippen molar-refractivity contribution in [3.8, 4) is 0 Å². The molecule has 0 fully saturated rings. The summed E-state index contributed by atoms with van der Waals surface area (Å²) in [6.45, 7) is 9.18. The van der Waals surface area contributed by atoms with E-state index in [1.807, 2.05) is 0 Å². The topological polar surface area (TPSA) is 0 Å². The molecule has 0 aliphatic heterocycles. The molecule has 4 aromatic rings. The first kappa shape index (κ1) is 22.6. The van der Waals surface area contributed by atoms with Gasteiger partial charge in [-0.25, -0.2) is 0 Å². The fourth-order valence-electron chi connectivity index (χ4n) is 2.78. The molecule has 0 spiro atoms. The summed E-state index contributed by atoms with van der Waals surface area (Å²) in [7, 11) is 0.115. The van der Waals surface area contributed by atoms with E-state index in [1.54, 1.807) is 0 Å². The standard InChI is InChI=1S/2C11H12P.2FH.Zr/c2*1-12(2)11-7-9-5-3-4-6-10(9)8-11;;;/h2*3-8H,1-2H3;2*1H;/q2*-1;;;+4/p-2. The van der Waals surface area contributed by atoms with Gasteiger partial charge in [0.15, 0.2) is 0 Å². The van der Waals surface area contributed by atoms with E-state index < -0.39 is 24.5 Å². The van der Waals surface area contributed by atoms with Gasteiger partial charge in [0.2, 0.25) is 0 Å². The Morgan fingerprint density at radius 3 is 1.30 bits per heavy atom. The van der Waals surface area contributed by atoms with Crippen LogP contribution in [0.5, 0.6) is 0 Å². The van der Waals surface area contributed by atoms with E-state index >= 15 is 0 Å². The van der Waals surface area contributed by atoms with E-state index in [-0.39, 0.29) is 15.8 Å². The molecule has 0 saturated heterocycles. The van der Waals surface area contributed by atoms with E-state index in [9.17, 15) is 5.25 Å². The van der Waals surface area contributed by atoms with Crippen molar-refractivity contribution in [1.29, 1.82) is 0 Å². The van der Waals surface area contributed by atoms with Gasteiger partial charge in [-0.2, -0.15) is 12.1 Å². The molecule has 4 rings (SSSR count).